The summed E-state index contributed by atoms with van der Waals surface area (Å²) < 4.78 is 0. The fourth-order valence-corrected chi connectivity index (χ4v) is 2.68. The van der Waals surface area contributed by atoms with E-state index in [9.17, 15) is 10.1 Å². The smallest absolute Gasteiger partial charge is 0.274 e. The minimum atomic E-state index is -0.311. The molecule has 0 spiro atoms. The van der Waals surface area contributed by atoms with Gasteiger partial charge in [0.05, 0.1) is 16.5 Å². The monoisotopic (exact) mass is 254 g/mol. The molecule has 0 aliphatic carbocycles. The van der Waals surface area contributed by atoms with Crippen molar-refractivity contribution in [3.05, 3.63) is 75.3 Å². The minimum absolute atomic E-state index is 0.0912. The summed E-state index contributed by atoms with van der Waals surface area (Å²) in [6.45, 7) is 0.841. The van der Waals surface area contributed by atoms with E-state index in [1.54, 1.807) is 12.1 Å². The van der Waals surface area contributed by atoms with Gasteiger partial charge in [0.1, 0.15) is 0 Å². The maximum absolute atomic E-state index is 11.2. The molecule has 0 saturated carbocycles. The van der Waals surface area contributed by atoms with E-state index in [1.165, 1.54) is 5.56 Å². The number of rotatable bonds is 2. The second-order valence-electron chi connectivity index (χ2n) is 4.65. The Hall–Kier alpha value is -2.20. The quantitative estimate of drug-likeness (QED) is 0.662. The summed E-state index contributed by atoms with van der Waals surface area (Å²) in [6.07, 6.45) is 0.966. The number of nitrogens with zero attached hydrogens (tertiary/aromatic N) is 1. The molecule has 0 aromatic heterocycles. The molecule has 19 heavy (non-hydrogen) atoms. The molecule has 4 nitrogen and oxygen atoms in total. The summed E-state index contributed by atoms with van der Waals surface area (Å²) in [5.41, 5.74) is 3.32. The van der Waals surface area contributed by atoms with Crippen molar-refractivity contribution in [3.63, 3.8) is 0 Å². The van der Waals surface area contributed by atoms with Crippen molar-refractivity contribution >= 4 is 5.69 Å². The summed E-state index contributed by atoms with van der Waals surface area (Å²) in [7, 11) is 0. The Balaban J connectivity index is 2.12. The lowest BCUT2D eigenvalue weighted by Gasteiger charge is -2.27. The molecular weight excluding hydrogens is 240 g/mol. The molecule has 0 bridgehead atoms. The highest BCUT2D eigenvalue weighted by molar-refractivity contribution is 5.48. The van der Waals surface area contributed by atoms with Crippen LogP contribution in [0.4, 0.5) is 5.69 Å². The first kappa shape index (κ1) is 11.9. The van der Waals surface area contributed by atoms with E-state index in [0.717, 1.165) is 24.1 Å². The molecule has 96 valence electrons. The van der Waals surface area contributed by atoms with Gasteiger partial charge in [-0.15, -0.1) is 0 Å². The Kier molecular flexibility index (Phi) is 3.01. The van der Waals surface area contributed by atoms with Gasteiger partial charge in [0.15, 0.2) is 0 Å². The van der Waals surface area contributed by atoms with Crippen LogP contribution in [0.3, 0.4) is 0 Å². The van der Waals surface area contributed by atoms with Gasteiger partial charge in [0, 0.05) is 12.6 Å². The van der Waals surface area contributed by atoms with Crippen LogP contribution < -0.4 is 5.32 Å². The maximum atomic E-state index is 11.2. The highest BCUT2D eigenvalue weighted by Crippen LogP contribution is 2.33. The van der Waals surface area contributed by atoms with Crippen LogP contribution in [-0.4, -0.2) is 11.5 Å². The van der Waals surface area contributed by atoms with E-state index in [2.05, 4.69) is 11.4 Å². The molecule has 1 N–H and O–H groups in total. The van der Waals surface area contributed by atoms with Gasteiger partial charge in [-0.3, -0.25) is 10.1 Å². The normalized spacial score (nSPS) is 17.8. The molecule has 1 aliphatic rings. The number of nitrogens with one attached hydrogen (secondary N) is 1. The lowest BCUT2D eigenvalue weighted by atomic mass is 9.89. The number of benzene rings is 2. The van der Waals surface area contributed by atoms with E-state index in [4.69, 9.17) is 0 Å². The van der Waals surface area contributed by atoms with Crippen molar-refractivity contribution in [2.75, 3.05) is 6.54 Å². The second-order valence-corrected chi connectivity index (χ2v) is 4.65. The van der Waals surface area contributed by atoms with E-state index < -0.39 is 0 Å². The number of nitro groups is 1. The SMILES string of the molecule is O=[N+]([O-])c1ccccc1[C@H]1NCCc2ccccc21. The summed E-state index contributed by atoms with van der Waals surface area (Å²) in [5, 5.41) is 14.5. The standard InChI is InChI=1S/C15H14N2O2/c18-17(19)14-8-4-3-7-13(14)15-12-6-2-1-5-11(12)9-10-16-15/h1-8,15-16H,9-10H2/t15-/m0/s1. The number of hydrogen-bond donors (Lipinski definition) is 1. The van der Waals surface area contributed by atoms with Gasteiger partial charge in [0.25, 0.3) is 5.69 Å². The van der Waals surface area contributed by atoms with Gasteiger partial charge >= 0.3 is 0 Å². The zero-order valence-corrected chi connectivity index (χ0v) is 10.4. The maximum Gasteiger partial charge on any atom is 0.274 e. The van der Waals surface area contributed by atoms with Crippen molar-refractivity contribution in [3.8, 4) is 0 Å². The third-order valence-corrected chi connectivity index (χ3v) is 3.55. The van der Waals surface area contributed by atoms with Crippen molar-refractivity contribution < 1.29 is 4.92 Å². The van der Waals surface area contributed by atoms with Crippen LogP contribution in [-0.2, 0) is 6.42 Å². The lowest BCUT2D eigenvalue weighted by Crippen LogP contribution is -2.30. The van der Waals surface area contributed by atoms with E-state index in [1.807, 2.05) is 30.3 Å². The first-order valence-electron chi connectivity index (χ1n) is 6.32. The zero-order chi connectivity index (χ0) is 13.2. The Labute approximate surface area is 111 Å². The predicted molar refractivity (Wildman–Crippen MR) is 73.1 cm³/mol. The second kappa shape index (κ2) is 4.82. The number of fused-ring (bicyclic) bond motifs is 1. The van der Waals surface area contributed by atoms with Crippen molar-refractivity contribution in [1.29, 1.82) is 0 Å². The van der Waals surface area contributed by atoms with Crippen LogP contribution in [0.25, 0.3) is 0 Å². The number of para-hydroxylation sites is 1. The molecule has 0 saturated heterocycles. The predicted octanol–water partition coefficient (Wildman–Crippen LogP) is 2.83. The first-order chi connectivity index (χ1) is 9.27. The topological polar surface area (TPSA) is 55.2 Å². The third-order valence-electron chi connectivity index (χ3n) is 3.55. The molecule has 1 aliphatic heterocycles. The summed E-state index contributed by atoms with van der Waals surface area (Å²) in [5.74, 6) is 0. The van der Waals surface area contributed by atoms with E-state index in [0.29, 0.717) is 0 Å². The van der Waals surface area contributed by atoms with Gasteiger partial charge in [0.2, 0.25) is 0 Å². The van der Waals surface area contributed by atoms with Crippen LogP contribution in [0.5, 0.6) is 0 Å². The van der Waals surface area contributed by atoms with Crippen molar-refractivity contribution in [2.24, 2.45) is 0 Å². The lowest BCUT2D eigenvalue weighted by molar-refractivity contribution is -0.385. The molecule has 0 fully saturated rings. The third kappa shape index (κ3) is 2.11. The van der Waals surface area contributed by atoms with Gasteiger partial charge in [-0.2, -0.15) is 0 Å². The molecule has 0 amide bonds. The summed E-state index contributed by atoms with van der Waals surface area (Å²) in [4.78, 5) is 10.8. The average molecular weight is 254 g/mol. The molecular formula is C15H14N2O2. The van der Waals surface area contributed by atoms with Crippen molar-refractivity contribution in [2.45, 2.75) is 12.5 Å². The fraction of sp³-hybridized carbons (Fsp3) is 0.200. The minimum Gasteiger partial charge on any atom is -0.306 e. The number of nitro benzene ring substituents is 1. The molecule has 1 atom stereocenters. The van der Waals surface area contributed by atoms with E-state index >= 15 is 0 Å². The Morgan fingerprint density at radius 2 is 1.74 bits per heavy atom. The Morgan fingerprint density at radius 1 is 1.05 bits per heavy atom. The highest BCUT2D eigenvalue weighted by atomic mass is 16.6. The molecule has 3 rings (SSSR count). The molecule has 0 radical (unpaired) electrons. The molecule has 2 aromatic carbocycles. The van der Waals surface area contributed by atoms with Gasteiger partial charge in [-0.05, 0) is 17.5 Å². The highest BCUT2D eigenvalue weighted by Gasteiger charge is 2.26. The van der Waals surface area contributed by atoms with Crippen LogP contribution >= 0.6 is 0 Å². The van der Waals surface area contributed by atoms with Crippen LogP contribution in [0.1, 0.15) is 22.7 Å². The van der Waals surface area contributed by atoms with Crippen LogP contribution in [0.2, 0.25) is 0 Å². The van der Waals surface area contributed by atoms with Gasteiger partial charge < -0.3 is 5.32 Å². The Bertz CT molecular complexity index is 625. The first-order valence-corrected chi connectivity index (χ1v) is 6.32. The molecule has 2 aromatic rings. The van der Waals surface area contributed by atoms with Gasteiger partial charge in [-0.25, -0.2) is 0 Å². The fourth-order valence-electron chi connectivity index (χ4n) is 2.68. The zero-order valence-electron chi connectivity index (χ0n) is 10.4. The molecule has 1 heterocycles. The Morgan fingerprint density at radius 3 is 2.53 bits per heavy atom. The molecule has 0 unspecified atom stereocenters. The molecule has 4 heteroatoms. The van der Waals surface area contributed by atoms with Crippen LogP contribution in [0.15, 0.2) is 48.5 Å². The van der Waals surface area contributed by atoms with E-state index in [-0.39, 0.29) is 16.7 Å². The summed E-state index contributed by atoms with van der Waals surface area (Å²) in [6, 6.07) is 15.0. The largest absolute Gasteiger partial charge is 0.306 e. The van der Waals surface area contributed by atoms with Crippen LogP contribution in [0, 0.1) is 10.1 Å². The summed E-state index contributed by atoms with van der Waals surface area (Å²) >= 11 is 0. The average Bonchev–Trinajstić information content (AvgIpc) is 2.46. The van der Waals surface area contributed by atoms with Crippen molar-refractivity contribution in [1.82, 2.24) is 5.32 Å². The van der Waals surface area contributed by atoms with Gasteiger partial charge in [-0.1, -0.05) is 42.5 Å². The number of hydrogen-bond acceptors (Lipinski definition) is 3.